The lowest BCUT2D eigenvalue weighted by Crippen LogP contribution is -2.33. The van der Waals surface area contributed by atoms with Crippen LogP contribution in [0.4, 0.5) is 0 Å². The highest BCUT2D eigenvalue weighted by Gasteiger charge is 2.17. The van der Waals surface area contributed by atoms with E-state index in [-0.39, 0.29) is 12.6 Å². The van der Waals surface area contributed by atoms with E-state index in [4.69, 9.17) is 9.26 Å². The zero-order valence-electron chi connectivity index (χ0n) is 13.6. The second-order valence-electron chi connectivity index (χ2n) is 5.60. The molecule has 5 nitrogen and oxygen atoms in total. The third kappa shape index (κ3) is 4.08. The van der Waals surface area contributed by atoms with Crippen molar-refractivity contribution >= 4 is 0 Å². The van der Waals surface area contributed by atoms with Crippen molar-refractivity contribution in [3.05, 3.63) is 46.8 Å². The molecule has 0 aliphatic rings. The van der Waals surface area contributed by atoms with Gasteiger partial charge in [-0.2, -0.15) is 0 Å². The van der Waals surface area contributed by atoms with Crippen LogP contribution >= 0.6 is 0 Å². The minimum atomic E-state index is -0.581. The fourth-order valence-electron chi connectivity index (χ4n) is 2.49. The molecule has 0 fully saturated rings. The van der Waals surface area contributed by atoms with Crippen molar-refractivity contribution in [2.24, 2.45) is 0 Å². The van der Waals surface area contributed by atoms with Gasteiger partial charge in [0.2, 0.25) is 0 Å². The Morgan fingerprint density at radius 1 is 1.27 bits per heavy atom. The molecule has 0 saturated heterocycles. The SMILES string of the molecule is Cc1ccccc1OC[C@@H](O)CN[C@H](C)c1c(C)noc1C. The standard InChI is InChI=1S/C17H24N2O3/c1-11-7-5-6-8-16(11)21-10-15(20)9-18-12(2)17-13(3)19-22-14(17)4/h5-8,12,15,18,20H,9-10H2,1-4H3/t12-,15+/m1/s1. The lowest BCUT2D eigenvalue weighted by Gasteiger charge is -2.18. The van der Waals surface area contributed by atoms with E-state index < -0.39 is 6.10 Å². The van der Waals surface area contributed by atoms with Gasteiger partial charge in [0.05, 0.1) is 5.69 Å². The maximum absolute atomic E-state index is 10.1. The summed E-state index contributed by atoms with van der Waals surface area (Å²) in [6, 6.07) is 7.85. The fraction of sp³-hybridized carbons (Fsp3) is 0.471. The number of aliphatic hydroxyl groups excluding tert-OH is 1. The van der Waals surface area contributed by atoms with Crippen molar-refractivity contribution in [1.29, 1.82) is 0 Å². The number of nitrogens with one attached hydrogen (secondary N) is 1. The van der Waals surface area contributed by atoms with E-state index >= 15 is 0 Å². The minimum Gasteiger partial charge on any atom is -0.491 e. The van der Waals surface area contributed by atoms with Gasteiger partial charge in [-0.3, -0.25) is 0 Å². The number of hydrogen-bond donors (Lipinski definition) is 2. The number of hydrogen-bond acceptors (Lipinski definition) is 5. The summed E-state index contributed by atoms with van der Waals surface area (Å²) in [7, 11) is 0. The predicted molar refractivity (Wildman–Crippen MR) is 85.1 cm³/mol. The zero-order chi connectivity index (χ0) is 16.1. The smallest absolute Gasteiger partial charge is 0.138 e. The Kier molecular flexibility index (Phi) is 5.57. The number of aromatic nitrogens is 1. The average molecular weight is 304 g/mol. The van der Waals surface area contributed by atoms with Crippen molar-refractivity contribution in [2.45, 2.75) is 39.8 Å². The maximum atomic E-state index is 10.1. The molecule has 22 heavy (non-hydrogen) atoms. The highest BCUT2D eigenvalue weighted by atomic mass is 16.5. The van der Waals surface area contributed by atoms with Crippen LogP contribution in [0, 0.1) is 20.8 Å². The summed E-state index contributed by atoms with van der Waals surface area (Å²) < 4.78 is 10.8. The lowest BCUT2D eigenvalue weighted by atomic mass is 10.1. The lowest BCUT2D eigenvalue weighted by molar-refractivity contribution is 0.104. The molecule has 0 bridgehead atoms. The van der Waals surface area contributed by atoms with Crippen LogP contribution in [0.2, 0.25) is 0 Å². The first kappa shape index (κ1) is 16.5. The fourth-order valence-corrected chi connectivity index (χ4v) is 2.49. The van der Waals surface area contributed by atoms with E-state index in [1.54, 1.807) is 0 Å². The molecular formula is C17H24N2O3. The van der Waals surface area contributed by atoms with Gasteiger partial charge in [0.15, 0.2) is 0 Å². The number of rotatable bonds is 7. The van der Waals surface area contributed by atoms with Gasteiger partial charge in [-0.15, -0.1) is 0 Å². The molecule has 2 rings (SSSR count). The number of ether oxygens (including phenoxy) is 1. The first-order valence-corrected chi connectivity index (χ1v) is 7.51. The topological polar surface area (TPSA) is 67.5 Å². The molecule has 1 heterocycles. The summed E-state index contributed by atoms with van der Waals surface area (Å²) in [6.07, 6.45) is -0.581. The number of aryl methyl sites for hydroxylation is 3. The van der Waals surface area contributed by atoms with Crippen molar-refractivity contribution in [3.63, 3.8) is 0 Å². The molecule has 0 radical (unpaired) electrons. The first-order valence-electron chi connectivity index (χ1n) is 7.51. The largest absolute Gasteiger partial charge is 0.491 e. The highest BCUT2D eigenvalue weighted by molar-refractivity contribution is 5.31. The van der Waals surface area contributed by atoms with Gasteiger partial charge in [-0.05, 0) is 39.3 Å². The number of para-hydroxylation sites is 1. The van der Waals surface area contributed by atoms with Crippen LogP contribution in [0.5, 0.6) is 5.75 Å². The van der Waals surface area contributed by atoms with Crippen LogP contribution in [0.1, 0.15) is 35.5 Å². The molecule has 1 aromatic heterocycles. The normalized spacial score (nSPS) is 13.9. The van der Waals surface area contributed by atoms with Crippen LogP contribution < -0.4 is 10.1 Å². The van der Waals surface area contributed by atoms with Crippen LogP contribution in [-0.4, -0.2) is 29.5 Å². The van der Waals surface area contributed by atoms with Crippen LogP contribution in [0.15, 0.2) is 28.8 Å². The van der Waals surface area contributed by atoms with Gasteiger partial charge in [-0.25, -0.2) is 0 Å². The molecule has 5 heteroatoms. The molecular weight excluding hydrogens is 280 g/mol. The molecule has 120 valence electrons. The molecule has 0 aliphatic heterocycles. The Hall–Kier alpha value is -1.85. The molecule has 0 unspecified atom stereocenters. The van der Waals surface area contributed by atoms with Crippen molar-refractivity contribution in [2.75, 3.05) is 13.2 Å². The Labute approximate surface area is 131 Å². The first-order chi connectivity index (χ1) is 10.5. The van der Waals surface area contributed by atoms with Gasteiger partial charge in [-0.1, -0.05) is 23.4 Å². The summed E-state index contributed by atoms with van der Waals surface area (Å²) in [6.45, 7) is 8.52. The molecule has 0 spiro atoms. The van der Waals surface area contributed by atoms with Gasteiger partial charge in [0, 0.05) is 18.2 Å². The Balaban J connectivity index is 1.80. The molecule has 2 aromatic rings. The second kappa shape index (κ2) is 7.42. The Morgan fingerprint density at radius 3 is 2.64 bits per heavy atom. The molecule has 0 amide bonds. The van der Waals surface area contributed by atoms with Gasteiger partial charge < -0.3 is 19.7 Å². The van der Waals surface area contributed by atoms with Crippen LogP contribution in [-0.2, 0) is 0 Å². The summed E-state index contributed by atoms with van der Waals surface area (Å²) in [5.41, 5.74) is 2.99. The summed E-state index contributed by atoms with van der Waals surface area (Å²) in [4.78, 5) is 0. The van der Waals surface area contributed by atoms with Crippen LogP contribution in [0.25, 0.3) is 0 Å². The third-order valence-electron chi connectivity index (χ3n) is 3.71. The molecule has 0 saturated carbocycles. The number of benzene rings is 1. The minimum absolute atomic E-state index is 0.0689. The summed E-state index contributed by atoms with van der Waals surface area (Å²) >= 11 is 0. The Bertz CT molecular complexity index is 590. The zero-order valence-corrected chi connectivity index (χ0v) is 13.6. The summed E-state index contributed by atoms with van der Waals surface area (Å²) in [5, 5.41) is 17.3. The molecule has 2 N–H and O–H groups in total. The van der Waals surface area contributed by atoms with E-state index in [1.165, 1.54) is 0 Å². The third-order valence-corrected chi connectivity index (χ3v) is 3.71. The van der Waals surface area contributed by atoms with Gasteiger partial charge >= 0.3 is 0 Å². The van der Waals surface area contributed by atoms with Crippen LogP contribution in [0.3, 0.4) is 0 Å². The van der Waals surface area contributed by atoms with E-state index in [1.807, 2.05) is 52.0 Å². The van der Waals surface area contributed by atoms with E-state index in [2.05, 4.69) is 10.5 Å². The van der Waals surface area contributed by atoms with Crippen molar-refractivity contribution in [3.8, 4) is 5.75 Å². The van der Waals surface area contributed by atoms with Crippen molar-refractivity contribution in [1.82, 2.24) is 10.5 Å². The molecule has 0 aliphatic carbocycles. The van der Waals surface area contributed by atoms with Gasteiger partial charge in [0.1, 0.15) is 24.2 Å². The Morgan fingerprint density at radius 2 is 2.00 bits per heavy atom. The van der Waals surface area contributed by atoms with E-state index in [9.17, 15) is 5.11 Å². The highest BCUT2D eigenvalue weighted by Crippen LogP contribution is 2.21. The quantitative estimate of drug-likeness (QED) is 0.823. The molecule has 1 aromatic carbocycles. The maximum Gasteiger partial charge on any atom is 0.138 e. The predicted octanol–water partition coefficient (Wildman–Crippen LogP) is 2.69. The monoisotopic (exact) mass is 304 g/mol. The second-order valence-corrected chi connectivity index (χ2v) is 5.60. The number of nitrogens with zero attached hydrogens (tertiary/aromatic N) is 1. The van der Waals surface area contributed by atoms with Crippen molar-refractivity contribution < 1.29 is 14.4 Å². The summed E-state index contributed by atoms with van der Waals surface area (Å²) in [5.74, 6) is 1.61. The average Bonchev–Trinajstić information content (AvgIpc) is 2.83. The van der Waals surface area contributed by atoms with Gasteiger partial charge in [0.25, 0.3) is 0 Å². The van der Waals surface area contributed by atoms with E-state index in [0.29, 0.717) is 6.54 Å². The molecule has 2 atom stereocenters. The number of aliphatic hydroxyl groups is 1. The van der Waals surface area contributed by atoms with E-state index in [0.717, 1.165) is 28.3 Å².